The van der Waals surface area contributed by atoms with Gasteiger partial charge in [-0.3, -0.25) is 4.90 Å². The van der Waals surface area contributed by atoms with Gasteiger partial charge in [0, 0.05) is 23.9 Å². The molecule has 0 aromatic heterocycles. The zero-order valence-electron chi connectivity index (χ0n) is 16.8. The van der Waals surface area contributed by atoms with Crippen molar-refractivity contribution < 1.29 is 9.53 Å². The van der Waals surface area contributed by atoms with Crippen LogP contribution in [0.15, 0.2) is 47.2 Å². The number of esters is 1. The number of methoxy groups -OCH3 is 1. The maximum atomic E-state index is 11.8. The molecule has 2 heterocycles. The second kappa shape index (κ2) is 7.02. The van der Waals surface area contributed by atoms with Crippen LogP contribution in [-0.2, 0) is 4.74 Å². The SMILES string of the molecule is COC(=O)c1ccc([C@H]2[C@@H]3C(=C[C@@H]4CC[C@H]3N4C)C(C#N)=C(N)C2(C#N)C#N)cc1. The number of nitrogens with zero attached hydrogens (tertiary/aromatic N) is 4. The number of rotatable bonds is 2. The zero-order valence-corrected chi connectivity index (χ0v) is 16.8. The molecule has 1 fully saturated rings. The van der Waals surface area contributed by atoms with E-state index in [1.807, 2.05) is 7.05 Å². The van der Waals surface area contributed by atoms with Crippen molar-refractivity contribution in [2.45, 2.75) is 30.8 Å². The van der Waals surface area contributed by atoms with Gasteiger partial charge in [-0.2, -0.15) is 15.8 Å². The molecule has 1 saturated heterocycles. The minimum atomic E-state index is -1.67. The largest absolute Gasteiger partial charge is 0.465 e. The first-order valence-corrected chi connectivity index (χ1v) is 9.78. The van der Waals surface area contributed by atoms with Crippen LogP contribution in [0.1, 0.15) is 34.7 Å². The van der Waals surface area contributed by atoms with E-state index >= 15 is 0 Å². The number of benzene rings is 1. The van der Waals surface area contributed by atoms with Crippen molar-refractivity contribution in [2.24, 2.45) is 17.1 Å². The van der Waals surface area contributed by atoms with Crippen molar-refractivity contribution in [3.8, 4) is 18.2 Å². The minimum Gasteiger partial charge on any atom is -0.465 e. The van der Waals surface area contributed by atoms with Gasteiger partial charge in [-0.1, -0.05) is 18.2 Å². The number of likely N-dealkylation sites (N-methyl/N-ethyl adjacent to an activating group) is 1. The number of fused-ring (bicyclic) bond motifs is 4. The molecule has 4 atom stereocenters. The summed E-state index contributed by atoms with van der Waals surface area (Å²) in [6.45, 7) is 0. The molecular formula is C23H21N5O2. The summed E-state index contributed by atoms with van der Waals surface area (Å²) in [4.78, 5) is 14.1. The Balaban J connectivity index is 1.96. The third-order valence-electron chi connectivity index (χ3n) is 6.91. The first kappa shape index (κ1) is 19.7. The summed E-state index contributed by atoms with van der Waals surface area (Å²) in [6, 6.07) is 13.6. The van der Waals surface area contributed by atoms with Crippen LogP contribution in [0.4, 0.5) is 0 Å². The third-order valence-corrected chi connectivity index (χ3v) is 6.91. The lowest BCUT2D eigenvalue weighted by Crippen LogP contribution is -2.51. The van der Waals surface area contributed by atoms with Crippen LogP contribution in [0.5, 0.6) is 0 Å². The molecule has 4 rings (SSSR count). The number of hydrogen-bond acceptors (Lipinski definition) is 7. The molecule has 0 radical (unpaired) electrons. The summed E-state index contributed by atoms with van der Waals surface area (Å²) in [6.07, 6.45) is 3.95. The molecule has 150 valence electrons. The van der Waals surface area contributed by atoms with Gasteiger partial charge in [0.05, 0.1) is 36.1 Å². The van der Waals surface area contributed by atoms with Crippen LogP contribution >= 0.6 is 0 Å². The molecule has 1 aromatic carbocycles. The standard InChI is InChI=1S/C23H21N5O2/c1-28-15-7-8-18(28)19-16(9-15)17(10-24)21(27)23(11-25,12-26)20(19)13-3-5-14(6-4-13)22(29)30-2/h3-6,9,15,18-20H,7-8,27H2,1-2H3/t15-,18+,19+,20-/m0/s1. The maximum Gasteiger partial charge on any atom is 0.337 e. The van der Waals surface area contributed by atoms with Crippen LogP contribution in [0.2, 0.25) is 0 Å². The third kappa shape index (κ3) is 2.48. The highest BCUT2D eigenvalue weighted by Crippen LogP contribution is 2.58. The Labute approximate surface area is 175 Å². The Bertz CT molecular complexity index is 1080. The normalized spacial score (nSPS) is 29.1. The predicted octanol–water partition coefficient (Wildman–Crippen LogP) is 2.36. The van der Waals surface area contributed by atoms with Gasteiger partial charge in [-0.05, 0) is 43.2 Å². The Kier molecular flexibility index (Phi) is 4.61. The monoisotopic (exact) mass is 399 g/mol. The Morgan fingerprint density at radius 2 is 1.87 bits per heavy atom. The fourth-order valence-electron chi connectivity index (χ4n) is 5.41. The molecule has 3 aliphatic rings. The number of hydrogen-bond donors (Lipinski definition) is 1. The summed E-state index contributed by atoms with van der Waals surface area (Å²) in [5.41, 5.74) is 6.92. The lowest BCUT2D eigenvalue weighted by Gasteiger charge is -2.48. The van der Waals surface area contributed by atoms with Crippen molar-refractivity contribution in [1.29, 1.82) is 15.8 Å². The topological polar surface area (TPSA) is 127 Å². The average molecular weight is 399 g/mol. The summed E-state index contributed by atoms with van der Waals surface area (Å²) < 4.78 is 4.77. The van der Waals surface area contributed by atoms with E-state index in [2.05, 4.69) is 29.2 Å². The van der Waals surface area contributed by atoms with Crippen LogP contribution in [0, 0.1) is 45.3 Å². The molecule has 2 bridgehead atoms. The number of carbonyl (C=O) groups excluding carboxylic acids is 1. The predicted molar refractivity (Wildman–Crippen MR) is 107 cm³/mol. The number of nitriles is 3. The van der Waals surface area contributed by atoms with Gasteiger partial charge in [0.1, 0.15) is 6.07 Å². The van der Waals surface area contributed by atoms with E-state index in [0.29, 0.717) is 5.56 Å². The molecule has 0 saturated carbocycles. The first-order chi connectivity index (χ1) is 14.4. The second-order valence-electron chi connectivity index (χ2n) is 8.05. The van der Waals surface area contributed by atoms with Crippen molar-refractivity contribution >= 4 is 5.97 Å². The molecule has 30 heavy (non-hydrogen) atoms. The Morgan fingerprint density at radius 1 is 1.20 bits per heavy atom. The molecule has 0 amide bonds. The van der Waals surface area contributed by atoms with Gasteiger partial charge < -0.3 is 10.5 Å². The Hall–Kier alpha value is -3.60. The molecular weight excluding hydrogens is 378 g/mol. The number of nitrogens with two attached hydrogens (primary N) is 1. The fourth-order valence-corrected chi connectivity index (χ4v) is 5.41. The van der Waals surface area contributed by atoms with Crippen molar-refractivity contribution in [1.82, 2.24) is 4.90 Å². The lowest BCUT2D eigenvalue weighted by molar-refractivity contribution is 0.0600. The highest BCUT2D eigenvalue weighted by Gasteiger charge is 2.58. The molecule has 1 aliphatic carbocycles. The zero-order chi connectivity index (χ0) is 21.6. The highest BCUT2D eigenvalue weighted by atomic mass is 16.5. The lowest BCUT2D eigenvalue weighted by atomic mass is 9.56. The summed E-state index contributed by atoms with van der Waals surface area (Å²) in [5.74, 6) is -1.24. The highest BCUT2D eigenvalue weighted by molar-refractivity contribution is 5.89. The summed E-state index contributed by atoms with van der Waals surface area (Å²) >= 11 is 0. The molecule has 0 spiro atoms. The molecule has 1 aromatic rings. The van der Waals surface area contributed by atoms with Gasteiger partial charge in [0.2, 0.25) is 0 Å². The van der Waals surface area contributed by atoms with Gasteiger partial charge in [-0.25, -0.2) is 4.79 Å². The van der Waals surface area contributed by atoms with Gasteiger partial charge in [0.25, 0.3) is 0 Å². The van der Waals surface area contributed by atoms with Crippen LogP contribution in [0.3, 0.4) is 0 Å². The quantitative estimate of drug-likeness (QED) is 0.756. The average Bonchev–Trinajstić information content (AvgIpc) is 3.01. The maximum absolute atomic E-state index is 11.8. The van der Waals surface area contributed by atoms with E-state index in [1.165, 1.54) is 7.11 Å². The van der Waals surface area contributed by atoms with Crippen LogP contribution in [0.25, 0.3) is 0 Å². The van der Waals surface area contributed by atoms with Crippen LogP contribution < -0.4 is 5.73 Å². The van der Waals surface area contributed by atoms with E-state index < -0.39 is 17.3 Å². The van der Waals surface area contributed by atoms with E-state index in [1.54, 1.807) is 24.3 Å². The van der Waals surface area contributed by atoms with Crippen molar-refractivity contribution in [3.63, 3.8) is 0 Å². The van der Waals surface area contributed by atoms with Crippen molar-refractivity contribution in [2.75, 3.05) is 14.2 Å². The van der Waals surface area contributed by atoms with Gasteiger partial charge >= 0.3 is 5.97 Å². The smallest absolute Gasteiger partial charge is 0.337 e. The minimum absolute atomic E-state index is 0.0171. The van der Waals surface area contributed by atoms with Crippen molar-refractivity contribution in [3.05, 3.63) is 58.3 Å². The molecule has 0 unspecified atom stereocenters. The molecule has 2 aliphatic heterocycles. The molecule has 7 heteroatoms. The summed E-state index contributed by atoms with van der Waals surface area (Å²) in [7, 11) is 3.36. The first-order valence-electron chi connectivity index (χ1n) is 9.78. The van der Waals surface area contributed by atoms with Crippen LogP contribution in [-0.4, -0.2) is 37.1 Å². The Morgan fingerprint density at radius 3 is 2.43 bits per heavy atom. The van der Waals surface area contributed by atoms with E-state index in [4.69, 9.17) is 10.5 Å². The second-order valence-corrected chi connectivity index (χ2v) is 8.05. The summed E-state index contributed by atoms with van der Waals surface area (Å²) in [5, 5.41) is 30.2. The number of allylic oxidation sites excluding steroid dienone is 2. The number of ether oxygens (including phenoxy) is 1. The molecule has 2 N–H and O–H groups in total. The molecule has 7 nitrogen and oxygen atoms in total. The number of carbonyl (C=O) groups is 1. The van der Waals surface area contributed by atoms with Gasteiger partial charge in [0.15, 0.2) is 5.41 Å². The van der Waals surface area contributed by atoms with Gasteiger partial charge in [-0.15, -0.1) is 0 Å². The van der Waals surface area contributed by atoms with E-state index in [-0.39, 0.29) is 29.3 Å². The van der Waals surface area contributed by atoms with E-state index in [0.717, 1.165) is 24.0 Å². The van der Waals surface area contributed by atoms with E-state index in [9.17, 15) is 20.6 Å². The fraction of sp³-hybridized carbons (Fsp3) is 0.391.